The second kappa shape index (κ2) is 14.6. The molecule has 0 radical (unpaired) electrons. The fourth-order valence-electron chi connectivity index (χ4n) is 10.0. The standard InChI is InChI=1S/C61H42N2/c1-61(2)55-22-11-10-21-51(55)54-36-46(32-34-56(54)61)45-17-12-18-48(35-45)58-38-57(62-60(63-58)44-29-23-40(24-30-44)39-13-4-3-5-14-39)42-25-27-43(28-26-42)59-50-20-9-7-16-47(50)37-53-49-19-8-6-15-41(49)31-33-52(53)59/h3-38H,1-2H3. The predicted molar refractivity (Wildman–Crippen MR) is 265 cm³/mol. The molecule has 12 rings (SSSR count). The highest BCUT2D eigenvalue weighted by Crippen LogP contribution is 2.49. The second-order valence-electron chi connectivity index (χ2n) is 17.3. The van der Waals surface area contributed by atoms with Gasteiger partial charge in [-0.15, -0.1) is 0 Å². The van der Waals surface area contributed by atoms with Gasteiger partial charge in [0.2, 0.25) is 0 Å². The Kier molecular flexibility index (Phi) is 8.55. The molecule has 1 aromatic heterocycles. The molecular formula is C61H42N2. The zero-order chi connectivity index (χ0) is 42.1. The Morgan fingerprint density at radius 2 is 0.873 bits per heavy atom. The van der Waals surface area contributed by atoms with E-state index in [0.29, 0.717) is 5.82 Å². The van der Waals surface area contributed by atoms with Gasteiger partial charge in [0.1, 0.15) is 0 Å². The van der Waals surface area contributed by atoms with Crippen molar-refractivity contribution in [2.45, 2.75) is 19.3 Å². The molecule has 1 heterocycles. The van der Waals surface area contributed by atoms with Gasteiger partial charge in [-0.05, 0) is 112 Å². The lowest BCUT2D eigenvalue weighted by atomic mass is 9.82. The van der Waals surface area contributed by atoms with E-state index in [1.54, 1.807) is 0 Å². The van der Waals surface area contributed by atoms with Crippen LogP contribution in [-0.2, 0) is 5.41 Å². The molecule has 0 fully saturated rings. The van der Waals surface area contributed by atoms with Crippen LogP contribution < -0.4 is 0 Å². The van der Waals surface area contributed by atoms with E-state index in [1.165, 1.54) is 76.8 Å². The second-order valence-corrected chi connectivity index (χ2v) is 17.3. The first kappa shape index (κ1) is 36.9. The Balaban J connectivity index is 0.975. The molecule has 11 aromatic rings. The fourth-order valence-corrected chi connectivity index (χ4v) is 10.0. The van der Waals surface area contributed by atoms with E-state index >= 15 is 0 Å². The summed E-state index contributed by atoms with van der Waals surface area (Å²) in [6.45, 7) is 4.66. The summed E-state index contributed by atoms with van der Waals surface area (Å²) in [6, 6.07) is 79.2. The van der Waals surface area contributed by atoms with Gasteiger partial charge in [-0.2, -0.15) is 0 Å². The lowest BCUT2D eigenvalue weighted by Crippen LogP contribution is -2.14. The summed E-state index contributed by atoms with van der Waals surface area (Å²) in [5.41, 5.74) is 17.3. The molecule has 10 aromatic carbocycles. The summed E-state index contributed by atoms with van der Waals surface area (Å²) < 4.78 is 0. The van der Waals surface area contributed by atoms with Crippen LogP contribution in [0.1, 0.15) is 25.0 Å². The normalized spacial score (nSPS) is 12.7. The molecule has 0 saturated heterocycles. The van der Waals surface area contributed by atoms with Crippen LogP contribution in [0.4, 0.5) is 0 Å². The van der Waals surface area contributed by atoms with Crippen molar-refractivity contribution in [1.29, 1.82) is 0 Å². The van der Waals surface area contributed by atoms with Crippen LogP contribution in [0.15, 0.2) is 218 Å². The van der Waals surface area contributed by atoms with E-state index in [1.807, 2.05) is 0 Å². The maximum atomic E-state index is 5.29. The number of hydrogen-bond acceptors (Lipinski definition) is 2. The van der Waals surface area contributed by atoms with Gasteiger partial charge >= 0.3 is 0 Å². The zero-order valence-corrected chi connectivity index (χ0v) is 35.2. The van der Waals surface area contributed by atoms with Gasteiger partial charge in [-0.3, -0.25) is 0 Å². The Hall–Kier alpha value is -7.94. The maximum absolute atomic E-state index is 5.29. The molecule has 2 heteroatoms. The number of benzene rings is 10. The average molecular weight is 803 g/mol. The molecule has 0 saturated carbocycles. The van der Waals surface area contributed by atoms with Crippen molar-refractivity contribution in [3.63, 3.8) is 0 Å². The molecule has 0 atom stereocenters. The van der Waals surface area contributed by atoms with Crippen molar-refractivity contribution in [3.8, 4) is 78.4 Å². The Labute approximate surface area is 367 Å². The highest BCUT2D eigenvalue weighted by atomic mass is 14.9. The smallest absolute Gasteiger partial charge is 0.160 e. The van der Waals surface area contributed by atoms with Crippen LogP contribution in [0.2, 0.25) is 0 Å². The number of nitrogens with zero attached hydrogens (tertiary/aromatic N) is 2. The van der Waals surface area contributed by atoms with Gasteiger partial charge in [0.05, 0.1) is 11.4 Å². The minimum Gasteiger partial charge on any atom is -0.228 e. The lowest BCUT2D eigenvalue weighted by Gasteiger charge is -2.21. The molecule has 0 unspecified atom stereocenters. The van der Waals surface area contributed by atoms with Crippen molar-refractivity contribution in [3.05, 3.63) is 230 Å². The average Bonchev–Trinajstić information content (AvgIpc) is 3.58. The van der Waals surface area contributed by atoms with Crippen LogP contribution in [0.25, 0.3) is 111 Å². The van der Waals surface area contributed by atoms with E-state index < -0.39 is 0 Å². The number of aromatic nitrogens is 2. The summed E-state index contributed by atoms with van der Waals surface area (Å²) >= 11 is 0. The third-order valence-corrected chi connectivity index (χ3v) is 13.3. The molecule has 0 spiro atoms. The molecular weight excluding hydrogens is 761 g/mol. The summed E-state index contributed by atoms with van der Waals surface area (Å²) in [6.07, 6.45) is 0. The van der Waals surface area contributed by atoms with E-state index in [-0.39, 0.29) is 5.41 Å². The molecule has 0 aliphatic heterocycles. The van der Waals surface area contributed by atoms with E-state index in [4.69, 9.17) is 9.97 Å². The third kappa shape index (κ3) is 6.25. The number of rotatable bonds is 6. The van der Waals surface area contributed by atoms with Crippen LogP contribution >= 0.6 is 0 Å². The zero-order valence-electron chi connectivity index (χ0n) is 35.2. The van der Waals surface area contributed by atoms with Gasteiger partial charge in [0, 0.05) is 22.1 Å². The van der Waals surface area contributed by atoms with E-state index in [9.17, 15) is 0 Å². The monoisotopic (exact) mass is 802 g/mol. The third-order valence-electron chi connectivity index (χ3n) is 13.3. The first-order chi connectivity index (χ1) is 31.0. The highest BCUT2D eigenvalue weighted by molar-refractivity contribution is 6.20. The molecule has 0 amide bonds. The summed E-state index contributed by atoms with van der Waals surface area (Å²) in [5.74, 6) is 0.694. The van der Waals surface area contributed by atoms with Crippen LogP contribution in [0, 0.1) is 0 Å². The number of hydrogen-bond donors (Lipinski definition) is 0. The van der Waals surface area contributed by atoms with E-state index in [0.717, 1.165) is 39.2 Å². The molecule has 63 heavy (non-hydrogen) atoms. The predicted octanol–water partition coefficient (Wildman–Crippen LogP) is 16.2. The first-order valence-electron chi connectivity index (χ1n) is 21.8. The minimum absolute atomic E-state index is 0.0326. The van der Waals surface area contributed by atoms with Gasteiger partial charge < -0.3 is 0 Å². The molecule has 1 aliphatic carbocycles. The Bertz CT molecular complexity index is 3560. The summed E-state index contributed by atoms with van der Waals surface area (Å²) in [7, 11) is 0. The van der Waals surface area contributed by atoms with Gasteiger partial charge in [-0.1, -0.05) is 208 Å². The quantitative estimate of drug-likeness (QED) is 0.124. The lowest BCUT2D eigenvalue weighted by molar-refractivity contribution is 0.660. The fraction of sp³-hybridized carbons (Fsp3) is 0.0492. The van der Waals surface area contributed by atoms with Crippen molar-refractivity contribution < 1.29 is 0 Å². The van der Waals surface area contributed by atoms with Gasteiger partial charge in [0.15, 0.2) is 5.82 Å². The summed E-state index contributed by atoms with van der Waals surface area (Å²) in [5, 5.41) is 7.52. The summed E-state index contributed by atoms with van der Waals surface area (Å²) in [4.78, 5) is 10.6. The molecule has 1 aliphatic rings. The molecule has 0 bridgehead atoms. The number of fused-ring (bicyclic) bond motifs is 7. The Morgan fingerprint density at radius 3 is 1.70 bits per heavy atom. The molecule has 0 N–H and O–H groups in total. The van der Waals surface area contributed by atoms with Gasteiger partial charge in [0.25, 0.3) is 0 Å². The van der Waals surface area contributed by atoms with Crippen LogP contribution in [-0.4, -0.2) is 9.97 Å². The van der Waals surface area contributed by atoms with E-state index in [2.05, 4.69) is 232 Å². The topological polar surface area (TPSA) is 25.8 Å². The Morgan fingerprint density at radius 1 is 0.302 bits per heavy atom. The van der Waals surface area contributed by atoms with Gasteiger partial charge in [-0.25, -0.2) is 9.97 Å². The van der Waals surface area contributed by atoms with Crippen molar-refractivity contribution >= 4 is 32.3 Å². The largest absolute Gasteiger partial charge is 0.228 e. The first-order valence-corrected chi connectivity index (χ1v) is 21.8. The maximum Gasteiger partial charge on any atom is 0.160 e. The van der Waals surface area contributed by atoms with Crippen molar-refractivity contribution in [1.82, 2.24) is 9.97 Å². The van der Waals surface area contributed by atoms with Crippen molar-refractivity contribution in [2.75, 3.05) is 0 Å². The minimum atomic E-state index is -0.0326. The van der Waals surface area contributed by atoms with Crippen molar-refractivity contribution in [2.24, 2.45) is 0 Å². The SMILES string of the molecule is CC1(C)c2ccccc2-c2cc(-c3cccc(-c4cc(-c5ccc(-c6c7ccccc7cc7c6ccc6ccccc67)cc5)nc(-c5ccc(-c6ccccc6)cc5)n4)c3)ccc21. The molecule has 2 nitrogen and oxygen atoms in total. The van der Waals surface area contributed by atoms with Crippen LogP contribution in [0.3, 0.4) is 0 Å². The molecule has 296 valence electrons. The van der Waals surface area contributed by atoms with Crippen LogP contribution in [0.5, 0.6) is 0 Å². The highest BCUT2D eigenvalue weighted by Gasteiger charge is 2.35.